The van der Waals surface area contributed by atoms with Gasteiger partial charge in [0.15, 0.2) is 0 Å². The summed E-state index contributed by atoms with van der Waals surface area (Å²) in [7, 11) is 0. The van der Waals surface area contributed by atoms with Crippen LogP contribution >= 0.6 is 11.3 Å². The van der Waals surface area contributed by atoms with Crippen LogP contribution in [0.1, 0.15) is 26.6 Å². The van der Waals surface area contributed by atoms with Gasteiger partial charge in [-0.1, -0.05) is 0 Å². The van der Waals surface area contributed by atoms with E-state index in [0.29, 0.717) is 21.8 Å². The molecule has 1 amide bonds. The Kier molecular flexibility index (Phi) is 3.99. The van der Waals surface area contributed by atoms with Gasteiger partial charge in [-0.15, -0.1) is 11.3 Å². The van der Waals surface area contributed by atoms with Crippen molar-refractivity contribution in [2.75, 3.05) is 5.32 Å². The maximum Gasteiger partial charge on any atom is 0.328 e. The topological polar surface area (TPSA) is 95.1 Å². The number of carboxylic acid groups (broad SMARTS) is 1. The van der Waals surface area contributed by atoms with Gasteiger partial charge >= 0.3 is 5.97 Å². The first-order valence-electron chi connectivity index (χ1n) is 5.80. The van der Waals surface area contributed by atoms with E-state index in [-0.39, 0.29) is 5.91 Å². The Bertz CT molecular complexity index is 665. The van der Waals surface area contributed by atoms with E-state index in [2.05, 4.69) is 15.5 Å². The van der Waals surface area contributed by atoms with E-state index in [1.807, 2.05) is 6.92 Å². The largest absolute Gasteiger partial charge is 0.478 e. The van der Waals surface area contributed by atoms with Gasteiger partial charge in [-0.25, -0.2) is 4.79 Å². The van der Waals surface area contributed by atoms with Crippen molar-refractivity contribution < 1.29 is 14.7 Å². The Morgan fingerprint density at radius 1 is 1.45 bits per heavy atom. The van der Waals surface area contributed by atoms with Gasteiger partial charge in [0.05, 0.1) is 22.0 Å². The second kappa shape index (κ2) is 5.70. The normalized spacial score (nSPS) is 10.9. The van der Waals surface area contributed by atoms with Crippen molar-refractivity contribution in [3.8, 4) is 0 Å². The van der Waals surface area contributed by atoms with E-state index < -0.39 is 5.97 Å². The molecule has 7 heteroatoms. The molecule has 0 spiro atoms. The van der Waals surface area contributed by atoms with E-state index in [4.69, 9.17) is 5.11 Å². The number of nitrogens with one attached hydrogen (secondary N) is 2. The number of H-pyrrole nitrogens is 1. The molecule has 3 N–H and O–H groups in total. The van der Waals surface area contributed by atoms with E-state index in [0.717, 1.165) is 11.8 Å². The number of aromatic amines is 1. The number of carboxylic acids is 1. The number of hydrogen-bond acceptors (Lipinski definition) is 4. The molecule has 0 aliphatic heterocycles. The van der Waals surface area contributed by atoms with E-state index in [1.165, 1.54) is 17.4 Å². The van der Waals surface area contributed by atoms with Gasteiger partial charge in [-0.2, -0.15) is 5.10 Å². The summed E-state index contributed by atoms with van der Waals surface area (Å²) in [6.45, 7) is 3.61. The van der Waals surface area contributed by atoms with Crippen LogP contribution in [0.4, 0.5) is 5.69 Å². The van der Waals surface area contributed by atoms with Gasteiger partial charge in [0.25, 0.3) is 5.91 Å². The summed E-state index contributed by atoms with van der Waals surface area (Å²) in [5.41, 5.74) is 2.70. The Morgan fingerprint density at radius 3 is 2.80 bits per heavy atom. The third-order valence-corrected chi connectivity index (χ3v) is 3.60. The number of aliphatic carboxylic acids is 1. The molecule has 2 rings (SSSR count). The molecule has 20 heavy (non-hydrogen) atoms. The van der Waals surface area contributed by atoms with Crippen LogP contribution in [0.15, 0.2) is 17.5 Å². The quantitative estimate of drug-likeness (QED) is 0.754. The first-order chi connectivity index (χ1) is 9.49. The van der Waals surface area contributed by atoms with Crippen LogP contribution in [0.2, 0.25) is 0 Å². The first-order valence-corrected chi connectivity index (χ1v) is 6.68. The molecule has 0 saturated heterocycles. The molecule has 2 heterocycles. The number of carbonyl (C=O) groups is 2. The van der Waals surface area contributed by atoms with Crippen molar-refractivity contribution in [3.63, 3.8) is 0 Å². The van der Waals surface area contributed by atoms with Crippen LogP contribution in [-0.4, -0.2) is 27.2 Å². The number of nitrogens with zero attached hydrogens (tertiary/aromatic N) is 1. The van der Waals surface area contributed by atoms with Crippen LogP contribution in [0.25, 0.3) is 6.08 Å². The van der Waals surface area contributed by atoms with Crippen molar-refractivity contribution in [2.45, 2.75) is 13.8 Å². The molecular weight excluding hydrogens is 278 g/mol. The van der Waals surface area contributed by atoms with Crippen molar-refractivity contribution in [3.05, 3.63) is 39.4 Å². The number of hydrogen-bond donors (Lipinski definition) is 3. The predicted molar refractivity (Wildman–Crippen MR) is 77.0 cm³/mol. The van der Waals surface area contributed by atoms with Crippen molar-refractivity contribution in [1.29, 1.82) is 0 Å². The molecule has 0 radical (unpaired) electrons. The minimum Gasteiger partial charge on any atom is -0.478 e. The monoisotopic (exact) mass is 291 g/mol. The Hall–Kier alpha value is -2.41. The highest BCUT2D eigenvalue weighted by Gasteiger charge is 2.15. The number of carbonyl (C=O) groups excluding carboxylic acids is 1. The SMILES string of the molecule is Cc1n[nH]c(C)c1NC(=O)c1sccc1C=CC(=O)O. The average molecular weight is 291 g/mol. The lowest BCUT2D eigenvalue weighted by atomic mass is 10.2. The van der Waals surface area contributed by atoms with Gasteiger partial charge < -0.3 is 10.4 Å². The highest BCUT2D eigenvalue weighted by Crippen LogP contribution is 2.22. The van der Waals surface area contributed by atoms with Gasteiger partial charge in [0, 0.05) is 6.08 Å². The second-order valence-corrected chi connectivity index (χ2v) is 5.06. The van der Waals surface area contributed by atoms with E-state index >= 15 is 0 Å². The van der Waals surface area contributed by atoms with Gasteiger partial charge in [0.2, 0.25) is 0 Å². The average Bonchev–Trinajstić information content (AvgIpc) is 2.97. The fourth-order valence-electron chi connectivity index (χ4n) is 1.70. The van der Waals surface area contributed by atoms with Crippen molar-refractivity contribution in [2.24, 2.45) is 0 Å². The molecule has 0 bridgehead atoms. The summed E-state index contributed by atoms with van der Waals surface area (Å²) < 4.78 is 0. The van der Waals surface area contributed by atoms with E-state index in [9.17, 15) is 9.59 Å². The summed E-state index contributed by atoms with van der Waals surface area (Å²) >= 11 is 1.26. The first kappa shape index (κ1) is 14.0. The number of thiophene rings is 1. The number of anilines is 1. The smallest absolute Gasteiger partial charge is 0.328 e. The van der Waals surface area contributed by atoms with Crippen LogP contribution in [0.5, 0.6) is 0 Å². The molecule has 0 unspecified atom stereocenters. The molecular formula is C13H13N3O3S. The van der Waals surface area contributed by atoms with Crippen LogP contribution in [0.3, 0.4) is 0 Å². The standard InChI is InChI=1S/C13H13N3O3S/c1-7-11(8(2)16-15-7)14-13(19)12-9(5-6-20-12)3-4-10(17)18/h3-6H,1-2H3,(H,14,19)(H,15,16)(H,17,18). The van der Waals surface area contributed by atoms with Crippen LogP contribution < -0.4 is 5.32 Å². The third kappa shape index (κ3) is 2.94. The molecule has 0 fully saturated rings. The molecule has 2 aromatic rings. The zero-order valence-corrected chi connectivity index (χ0v) is 11.7. The number of aryl methyl sites for hydroxylation is 2. The maximum absolute atomic E-state index is 12.2. The molecule has 6 nitrogen and oxygen atoms in total. The van der Waals surface area contributed by atoms with E-state index in [1.54, 1.807) is 18.4 Å². The zero-order valence-electron chi connectivity index (χ0n) is 10.9. The number of amides is 1. The highest BCUT2D eigenvalue weighted by molar-refractivity contribution is 7.12. The molecule has 0 aliphatic carbocycles. The Balaban J connectivity index is 2.22. The third-order valence-electron chi connectivity index (χ3n) is 2.67. The van der Waals surface area contributed by atoms with Gasteiger partial charge in [0.1, 0.15) is 0 Å². The second-order valence-electron chi connectivity index (χ2n) is 4.14. The molecule has 0 saturated carbocycles. The summed E-state index contributed by atoms with van der Waals surface area (Å²) in [5.74, 6) is -1.33. The molecule has 0 aliphatic rings. The fourth-order valence-corrected chi connectivity index (χ4v) is 2.48. The summed E-state index contributed by atoms with van der Waals surface area (Å²) in [5, 5.41) is 19.9. The number of aromatic nitrogens is 2. The molecule has 2 aromatic heterocycles. The minimum absolute atomic E-state index is 0.280. The maximum atomic E-state index is 12.2. The van der Waals surface area contributed by atoms with Gasteiger partial charge in [-0.05, 0) is 36.9 Å². The lowest BCUT2D eigenvalue weighted by Gasteiger charge is -2.04. The molecule has 104 valence electrons. The summed E-state index contributed by atoms with van der Waals surface area (Å²) in [6, 6.07) is 1.70. The number of rotatable bonds is 4. The van der Waals surface area contributed by atoms with Crippen LogP contribution in [-0.2, 0) is 4.79 Å². The molecule has 0 atom stereocenters. The zero-order chi connectivity index (χ0) is 14.7. The van der Waals surface area contributed by atoms with Crippen molar-refractivity contribution in [1.82, 2.24) is 10.2 Å². The van der Waals surface area contributed by atoms with Crippen LogP contribution in [0, 0.1) is 13.8 Å². The van der Waals surface area contributed by atoms with Crippen molar-refractivity contribution >= 4 is 35.0 Å². The Labute approximate surface area is 119 Å². The fraction of sp³-hybridized carbons (Fsp3) is 0.154. The summed E-state index contributed by atoms with van der Waals surface area (Å²) in [6.07, 6.45) is 2.41. The lowest BCUT2D eigenvalue weighted by molar-refractivity contribution is -0.131. The summed E-state index contributed by atoms with van der Waals surface area (Å²) in [4.78, 5) is 23.2. The Morgan fingerprint density at radius 2 is 2.20 bits per heavy atom. The highest BCUT2D eigenvalue weighted by atomic mass is 32.1. The lowest BCUT2D eigenvalue weighted by Crippen LogP contribution is -2.12. The predicted octanol–water partition coefficient (Wildman–Crippen LogP) is 2.44. The minimum atomic E-state index is -1.05. The van der Waals surface area contributed by atoms with Gasteiger partial charge in [-0.3, -0.25) is 9.89 Å². The molecule has 0 aromatic carbocycles.